The lowest BCUT2D eigenvalue weighted by Gasteiger charge is -2.15. The molecule has 1 aliphatic carbocycles. The van der Waals surface area contributed by atoms with Gasteiger partial charge in [-0.05, 0) is 62.1 Å². The van der Waals surface area contributed by atoms with Crippen LogP contribution < -0.4 is 21.9 Å². The number of nitro benzene ring substituents is 1. The summed E-state index contributed by atoms with van der Waals surface area (Å²) in [6, 6.07) is 12.2. The molecule has 1 fully saturated rings. The lowest BCUT2D eigenvalue weighted by Crippen LogP contribution is -2.29. The number of carboxylic acids is 2. The highest BCUT2D eigenvalue weighted by Crippen LogP contribution is 2.15. The van der Waals surface area contributed by atoms with E-state index in [4.69, 9.17) is 32.2 Å². The molecule has 8 N–H and O–H groups in total. The smallest absolute Gasteiger partial charge is 0.320 e. The molecule has 0 spiro atoms. The van der Waals surface area contributed by atoms with Crippen molar-refractivity contribution >= 4 is 23.9 Å². The minimum Gasteiger partial charge on any atom is -0.497 e. The fourth-order valence-electron chi connectivity index (χ4n) is 3.36. The van der Waals surface area contributed by atoms with E-state index in [0.717, 1.165) is 24.2 Å². The van der Waals surface area contributed by atoms with E-state index < -0.39 is 22.9 Å². The maximum atomic E-state index is 10.3. The summed E-state index contributed by atoms with van der Waals surface area (Å²) in [5, 5.41) is 26.9. The number of aldehydes is 1. The molecular formula is C28H42N4O8. The maximum absolute atomic E-state index is 10.3. The van der Waals surface area contributed by atoms with E-state index in [-0.39, 0.29) is 12.1 Å². The van der Waals surface area contributed by atoms with Crippen molar-refractivity contribution in [1.29, 1.82) is 0 Å². The highest BCUT2D eigenvalue weighted by atomic mass is 16.6. The molecule has 0 aliphatic heterocycles. The second-order valence-corrected chi connectivity index (χ2v) is 9.01. The molecule has 0 bridgehead atoms. The molecular weight excluding hydrogens is 520 g/mol. The number of carbonyl (C=O) groups is 3. The average molecular weight is 563 g/mol. The van der Waals surface area contributed by atoms with Gasteiger partial charge in [0.05, 0.1) is 18.5 Å². The number of benzene rings is 2. The van der Waals surface area contributed by atoms with Crippen LogP contribution in [0.5, 0.6) is 5.75 Å². The number of ether oxygens (including phenoxy) is 1. The summed E-state index contributed by atoms with van der Waals surface area (Å²) >= 11 is 0. The lowest BCUT2D eigenvalue weighted by molar-refractivity contribution is -0.384. The Hall–Kier alpha value is -3.87. The first kappa shape index (κ1) is 36.1. The third kappa shape index (κ3) is 18.4. The molecule has 40 heavy (non-hydrogen) atoms. The Balaban J connectivity index is 0.000000515. The minimum absolute atomic E-state index is 0.00407. The molecule has 2 aromatic rings. The molecule has 0 saturated heterocycles. The summed E-state index contributed by atoms with van der Waals surface area (Å²) in [5.74, 6) is -1.01. The lowest BCUT2D eigenvalue weighted by atomic mass is 9.97. The quantitative estimate of drug-likeness (QED) is 0.122. The predicted octanol–water partition coefficient (Wildman–Crippen LogP) is 3.53. The summed E-state index contributed by atoms with van der Waals surface area (Å²) < 4.78 is 4.93. The Morgan fingerprint density at radius 2 is 1.62 bits per heavy atom. The van der Waals surface area contributed by atoms with Gasteiger partial charge >= 0.3 is 11.9 Å². The molecule has 1 unspecified atom stereocenters. The van der Waals surface area contributed by atoms with Crippen molar-refractivity contribution < 1.29 is 34.3 Å². The first-order chi connectivity index (χ1) is 19.0. The summed E-state index contributed by atoms with van der Waals surface area (Å²) in [5.41, 5.74) is 17.3. The summed E-state index contributed by atoms with van der Waals surface area (Å²) in [6.45, 7) is 0.604. The number of rotatable bonds is 10. The Bertz CT molecular complexity index is 994. The second kappa shape index (κ2) is 22.0. The third-order valence-corrected chi connectivity index (χ3v) is 5.69. The van der Waals surface area contributed by atoms with Gasteiger partial charge in [0, 0.05) is 23.7 Å². The zero-order valence-corrected chi connectivity index (χ0v) is 22.9. The second-order valence-electron chi connectivity index (χ2n) is 9.01. The number of nitrogens with two attached hydrogens (primary N) is 3. The first-order valence-electron chi connectivity index (χ1n) is 13.0. The third-order valence-electron chi connectivity index (χ3n) is 5.69. The van der Waals surface area contributed by atoms with Crippen LogP contribution in [0.3, 0.4) is 0 Å². The van der Waals surface area contributed by atoms with E-state index in [2.05, 4.69) is 0 Å². The van der Waals surface area contributed by atoms with Gasteiger partial charge in [0.1, 0.15) is 18.1 Å². The molecule has 1 aliphatic rings. The van der Waals surface area contributed by atoms with Gasteiger partial charge < -0.3 is 32.2 Å². The Morgan fingerprint density at radius 1 is 1.05 bits per heavy atom. The number of carboxylic acid groups (broad SMARTS) is 2. The number of aliphatic carboxylic acids is 2. The molecule has 2 aromatic carbocycles. The van der Waals surface area contributed by atoms with Crippen LogP contribution in [0.25, 0.3) is 0 Å². The van der Waals surface area contributed by atoms with Crippen molar-refractivity contribution in [2.75, 3.05) is 13.7 Å². The van der Waals surface area contributed by atoms with Gasteiger partial charge in [0.15, 0.2) is 0 Å². The molecule has 0 amide bonds. The van der Waals surface area contributed by atoms with Gasteiger partial charge in [0.2, 0.25) is 0 Å². The number of unbranched alkanes of at least 4 members (excludes halogenated alkanes) is 1. The number of nitro groups is 1. The SMILES string of the molecule is COc1ccc(CC(=O)O)cc1.NC1CCCCC1.NCCCCC(N)C(=O)O.O=Cc1ccc([N+](=O)[O-])cc1. The molecule has 222 valence electrons. The van der Waals surface area contributed by atoms with Crippen LogP contribution in [-0.2, 0) is 16.0 Å². The molecule has 12 nitrogen and oxygen atoms in total. The molecule has 0 aromatic heterocycles. The molecule has 0 radical (unpaired) electrons. The van der Waals surface area contributed by atoms with E-state index >= 15 is 0 Å². The minimum atomic E-state index is -0.933. The van der Waals surface area contributed by atoms with Gasteiger partial charge in [-0.1, -0.05) is 37.8 Å². The van der Waals surface area contributed by atoms with Gasteiger partial charge in [-0.3, -0.25) is 24.5 Å². The van der Waals surface area contributed by atoms with E-state index in [1.807, 2.05) is 0 Å². The maximum Gasteiger partial charge on any atom is 0.320 e. The number of nitrogens with zero attached hydrogens (tertiary/aromatic N) is 1. The number of carbonyl (C=O) groups excluding carboxylic acids is 1. The fourth-order valence-corrected chi connectivity index (χ4v) is 3.36. The molecule has 3 rings (SSSR count). The van der Waals surface area contributed by atoms with E-state index in [0.29, 0.717) is 30.9 Å². The fraction of sp³-hybridized carbons (Fsp3) is 0.464. The topological polar surface area (TPSA) is 222 Å². The van der Waals surface area contributed by atoms with Crippen LogP contribution in [0.15, 0.2) is 48.5 Å². The molecule has 1 atom stereocenters. The van der Waals surface area contributed by atoms with Crippen LogP contribution >= 0.6 is 0 Å². The van der Waals surface area contributed by atoms with Gasteiger partial charge in [-0.15, -0.1) is 0 Å². The highest BCUT2D eigenvalue weighted by molar-refractivity contribution is 5.75. The van der Waals surface area contributed by atoms with E-state index in [1.54, 1.807) is 31.4 Å². The molecule has 12 heteroatoms. The Morgan fingerprint density at radius 3 is 2.00 bits per heavy atom. The van der Waals surface area contributed by atoms with Crippen LogP contribution in [0, 0.1) is 10.1 Å². The number of non-ortho nitro benzene ring substituents is 1. The predicted molar refractivity (Wildman–Crippen MR) is 152 cm³/mol. The van der Waals surface area contributed by atoms with Gasteiger partial charge in [-0.2, -0.15) is 0 Å². The zero-order chi connectivity index (χ0) is 30.3. The van der Waals surface area contributed by atoms with Crippen molar-refractivity contribution in [2.24, 2.45) is 17.2 Å². The molecule has 1 saturated carbocycles. The number of methoxy groups -OCH3 is 1. The standard InChI is InChI=1S/C9H10O3.C7H5NO3.C6H14N2O2.C6H13N/c1-12-8-4-2-7(3-5-8)6-9(10)11;9-5-6-1-3-7(4-2-6)8(10)11;7-4-2-1-3-5(8)6(9)10;7-6-4-2-1-3-5-6/h2-5H,6H2,1H3,(H,10,11);1-5H;5H,1-4,7-8H2,(H,9,10);6H,1-5,7H2. The van der Waals surface area contributed by atoms with E-state index in [9.17, 15) is 24.5 Å². The van der Waals surface area contributed by atoms with Gasteiger partial charge in [-0.25, -0.2) is 0 Å². The summed E-state index contributed by atoms with van der Waals surface area (Å²) in [6.07, 6.45) is 9.53. The van der Waals surface area contributed by atoms with Crippen molar-refractivity contribution in [1.82, 2.24) is 0 Å². The summed E-state index contributed by atoms with van der Waals surface area (Å²) in [4.78, 5) is 40.2. The van der Waals surface area contributed by atoms with Crippen molar-refractivity contribution in [3.05, 3.63) is 69.8 Å². The monoisotopic (exact) mass is 562 g/mol. The van der Waals surface area contributed by atoms with Crippen molar-refractivity contribution in [3.8, 4) is 5.75 Å². The average Bonchev–Trinajstić information content (AvgIpc) is 2.94. The zero-order valence-electron chi connectivity index (χ0n) is 22.9. The first-order valence-corrected chi connectivity index (χ1v) is 13.0. The van der Waals surface area contributed by atoms with Crippen LogP contribution in [0.1, 0.15) is 67.3 Å². The van der Waals surface area contributed by atoms with Crippen LogP contribution in [-0.4, -0.2) is 59.1 Å². The Labute approximate surface area is 234 Å². The van der Waals surface area contributed by atoms with E-state index in [1.165, 1.54) is 56.4 Å². The number of hydrogen-bond donors (Lipinski definition) is 5. The van der Waals surface area contributed by atoms with Crippen LogP contribution in [0.4, 0.5) is 5.69 Å². The molecule has 0 heterocycles. The van der Waals surface area contributed by atoms with Crippen molar-refractivity contribution in [2.45, 2.75) is 69.9 Å². The van der Waals surface area contributed by atoms with Gasteiger partial charge in [0.25, 0.3) is 5.69 Å². The van der Waals surface area contributed by atoms with Crippen LogP contribution in [0.2, 0.25) is 0 Å². The highest BCUT2D eigenvalue weighted by Gasteiger charge is 2.09. The normalized spacial score (nSPS) is 13.0. The largest absolute Gasteiger partial charge is 0.497 e. The van der Waals surface area contributed by atoms with Crippen molar-refractivity contribution in [3.63, 3.8) is 0 Å². The Kier molecular flexibility index (Phi) is 19.9. The summed E-state index contributed by atoms with van der Waals surface area (Å²) in [7, 11) is 1.58. The number of hydrogen-bond acceptors (Lipinski definition) is 9.